The summed E-state index contributed by atoms with van der Waals surface area (Å²) in [6.45, 7) is 8.92. The van der Waals surface area contributed by atoms with Crippen LogP contribution in [-0.4, -0.2) is 65.1 Å². The van der Waals surface area contributed by atoms with Crippen LogP contribution in [0.25, 0.3) is 0 Å². The Morgan fingerprint density at radius 3 is 3.00 bits per heavy atom. The second-order valence-electron chi connectivity index (χ2n) is 8.54. The zero-order valence-electron chi connectivity index (χ0n) is 17.7. The van der Waals surface area contributed by atoms with Gasteiger partial charge in [-0.25, -0.2) is 4.98 Å². The number of piperidine rings is 2. The van der Waals surface area contributed by atoms with E-state index in [1.54, 1.807) is 0 Å². The molecule has 0 saturated carbocycles. The lowest BCUT2D eigenvalue weighted by Crippen LogP contribution is -2.50. The van der Waals surface area contributed by atoms with E-state index in [0.29, 0.717) is 17.9 Å². The summed E-state index contributed by atoms with van der Waals surface area (Å²) in [6.07, 6.45) is 9.70. The number of aromatic nitrogens is 2. The van der Waals surface area contributed by atoms with Gasteiger partial charge in [-0.15, -0.1) is 11.3 Å². The predicted octanol–water partition coefficient (Wildman–Crippen LogP) is 3.32. The number of thiophene rings is 1. The normalized spacial score (nSPS) is 26.6. The first-order valence-corrected chi connectivity index (χ1v) is 11.8. The Labute approximate surface area is 178 Å². The lowest BCUT2D eigenvalue weighted by Gasteiger charge is -2.40. The van der Waals surface area contributed by atoms with Gasteiger partial charge in [0.15, 0.2) is 5.96 Å². The van der Waals surface area contributed by atoms with E-state index in [2.05, 4.69) is 60.3 Å². The van der Waals surface area contributed by atoms with Gasteiger partial charge in [-0.1, -0.05) is 13.0 Å². The minimum Gasteiger partial charge on any atom is -0.356 e. The Morgan fingerprint density at radius 2 is 2.24 bits per heavy atom. The molecule has 1 N–H and O–H groups in total. The maximum Gasteiger partial charge on any atom is 0.193 e. The minimum absolute atomic E-state index is 0.459. The van der Waals surface area contributed by atoms with Gasteiger partial charge < -0.3 is 14.8 Å². The quantitative estimate of drug-likeness (QED) is 0.602. The molecule has 2 aromatic heterocycles. The monoisotopic (exact) mass is 414 g/mol. The van der Waals surface area contributed by atoms with Gasteiger partial charge in [0.25, 0.3) is 0 Å². The van der Waals surface area contributed by atoms with Crippen molar-refractivity contribution >= 4 is 17.3 Å². The molecule has 6 nitrogen and oxygen atoms in total. The highest BCUT2D eigenvalue weighted by Gasteiger charge is 2.29. The van der Waals surface area contributed by atoms with Crippen LogP contribution >= 0.6 is 11.3 Å². The molecule has 0 bridgehead atoms. The second kappa shape index (κ2) is 9.76. The number of imidazole rings is 1. The second-order valence-corrected chi connectivity index (χ2v) is 9.57. The molecule has 2 aromatic rings. The van der Waals surface area contributed by atoms with Crippen LogP contribution in [0, 0.1) is 11.8 Å². The lowest BCUT2D eigenvalue weighted by atomic mass is 9.93. The highest BCUT2D eigenvalue weighted by Crippen LogP contribution is 2.27. The summed E-state index contributed by atoms with van der Waals surface area (Å²) in [5, 5.41) is 5.88. The number of nitrogens with zero attached hydrogens (tertiary/aromatic N) is 5. The highest BCUT2D eigenvalue weighted by molar-refractivity contribution is 7.09. The molecular weight excluding hydrogens is 380 g/mol. The summed E-state index contributed by atoms with van der Waals surface area (Å²) in [5.41, 5.74) is 0. The molecule has 0 radical (unpaired) electrons. The van der Waals surface area contributed by atoms with Gasteiger partial charge in [-0.05, 0) is 49.1 Å². The fourth-order valence-corrected chi connectivity index (χ4v) is 5.49. The number of rotatable bonds is 5. The van der Waals surface area contributed by atoms with Crippen LogP contribution in [0.5, 0.6) is 0 Å². The van der Waals surface area contributed by atoms with Gasteiger partial charge in [-0.3, -0.25) is 9.89 Å². The third kappa shape index (κ3) is 5.20. The van der Waals surface area contributed by atoms with Crippen LogP contribution in [0.2, 0.25) is 0 Å². The molecule has 0 spiro atoms. The van der Waals surface area contributed by atoms with E-state index >= 15 is 0 Å². The van der Waals surface area contributed by atoms with Crippen molar-refractivity contribution in [3.63, 3.8) is 0 Å². The molecule has 0 amide bonds. The Bertz CT molecular complexity index is 756. The van der Waals surface area contributed by atoms with Gasteiger partial charge in [-0.2, -0.15) is 0 Å². The molecule has 0 aliphatic carbocycles. The number of likely N-dealkylation sites (tertiary alicyclic amines) is 2. The average Bonchev–Trinajstić information content (AvgIpc) is 3.44. The Kier molecular flexibility index (Phi) is 6.87. The van der Waals surface area contributed by atoms with E-state index < -0.39 is 0 Å². The fraction of sp³-hybridized carbons (Fsp3) is 0.636. The molecule has 4 heterocycles. The standard InChI is InChI=1S/C22H34N6S/c1-18-7-10-27(16-21(18)28-11-8-24-17-28)22(23-2)25-13-19-5-3-9-26(14-19)15-20-6-4-12-29-20/h4,6,8,11-12,17-19,21H,3,5,7,9-10,13-16H2,1-2H3,(H,23,25). The van der Waals surface area contributed by atoms with E-state index in [-0.39, 0.29) is 0 Å². The maximum absolute atomic E-state index is 4.61. The highest BCUT2D eigenvalue weighted by atomic mass is 32.1. The van der Waals surface area contributed by atoms with E-state index in [1.165, 1.54) is 37.2 Å². The third-order valence-electron chi connectivity index (χ3n) is 6.45. The Morgan fingerprint density at radius 1 is 1.31 bits per heavy atom. The Balaban J connectivity index is 1.30. The smallest absolute Gasteiger partial charge is 0.193 e. The molecular formula is C22H34N6S. The average molecular weight is 415 g/mol. The minimum atomic E-state index is 0.459. The van der Waals surface area contributed by atoms with Crippen molar-refractivity contribution in [3.8, 4) is 0 Å². The maximum atomic E-state index is 4.61. The van der Waals surface area contributed by atoms with Crippen molar-refractivity contribution in [2.24, 2.45) is 16.8 Å². The van der Waals surface area contributed by atoms with E-state index in [9.17, 15) is 0 Å². The third-order valence-corrected chi connectivity index (χ3v) is 7.31. The van der Waals surface area contributed by atoms with Crippen molar-refractivity contribution < 1.29 is 0 Å². The first-order valence-electron chi connectivity index (χ1n) is 10.9. The molecule has 3 atom stereocenters. The number of guanidine groups is 1. The largest absolute Gasteiger partial charge is 0.356 e. The lowest BCUT2D eigenvalue weighted by molar-refractivity contribution is 0.165. The predicted molar refractivity (Wildman–Crippen MR) is 120 cm³/mol. The number of nitrogens with one attached hydrogen (secondary N) is 1. The molecule has 2 aliphatic rings. The van der Waals surface area contributed by atoms with Crippen LogP contribution < -0.4 is 5.32 Å². The molecule has 158 valence electrons. The van der Waals surface area contributed by atoms with Crippen molar-refractivity contribution in [1.29, 1.82) is 0 Å². The van der Waals surface area contributed by atoms with Crippen LogP contribution in [0.4, 0.5) is 0 Å². The summed E-state index contributed by atoms with van der Waals surface area (Å²) in [7, 11) is 1.91. The van der Waals surface area contributed by atoms with Crippen molar-refractivity contribution in [1.82, 2.24) is 24.7 Å². The summed E-state index contributed by atoms with van der Waals surface area (Å²) in [5.74, 6) is 2.40. The summed E-state index contributed by atoms with van der Waals surface area (Å²) >= 11 is 1.87. The zero-order chi connectivity index (χ0) is 20.1. The van der Waals surface area contributed by atoms with Gasteiger partial charge >= 0.3 is 0 Å². The number of hydrogen-bond acceptors (Lipinski definition) is 4. The molecule has 3 unspecified atom stereocenters. The van der Waals surface area contributed by atoms with Crippen LogP contribution in [0.15, 0.2) is 41.2 Å². The first kappa shape index (κ1) is 20.4. The first-order chi connectivity index (χ1) is 14.2. The molecule has 2 fully saturated rings. The Hall–Kier alpha value is -1.86. The van der Waals surface area contributed by atoms with Crippen molar-refractivity contribution in [2.75, 3.05) is 39.8 Å². The van der Waals surface area contributed by atoms with E-state index in [4.69, 9.17) is 0 Å². The van der Waals surface area contributed by atoms with Gasteiger partial charge in [0, 0.05) is 57.0 Å². The molecule has 2 aliphatic heterocycles. The molecule has 4 rings (SSSR count). The molecule has 0 aromatic carbocycles. The molecule has 2 saturated heterocycles. The van der Waals surface area contributed by atoms with E-state index in [0.717, 1.165) is 32.1 Å². The van der Waals surface area contributed by atoms with Crippen molar-refractivity contribution in [2.45, 2.75) is 38.8 Å². The topological polar surface area (TPSA) is 48.7 Å². The van der Waals surface area contributed by atoms with Crippen LogP contribution in [-0.2, 0) is 6.54 Å². The van der Waals surface area contributed by atoms with Gasteiger partial charge in [0.05, 0.1) is 12.4 Å². The van der Waals surface area contributed by atoms with Gasteiger partial charge in [0.2, 0.25) is 0 Å². The fourth-order valence-electron chi connectivity index (χ4n) is 4.75. The summed E-state index contributed by atoms with van der Waals surface area (Å²) in [6, 6.07) is 4.87. The van der Waals surface area contributed by atoms with Crippen molar-refractivity contribution in [3.05, 3.63) is 41.1 Å². The van der Waals surface area contributed by atoms with Crippen LogP contribution in [0.3, 0.4) is 0 Å². The van der Waals surface area contributed by atoms with Gasteiger partial charge in [0.1, 0.15) is 0 Å². The summed E-state index contributed by atoms with van der Waals surface area (Å²) < 4.78 is 2.26. The zero-order valence-corrected chi connectivity index (χ0v) is 18.5. The SMILES string of the molecule is CN=C(NCC1CCCN(Cc2cccs2)C1)N1CCC(C)C(n2ccnc2)C1. The number of hydrogen-bond donors (Lipinski definition) is 1. The van der Waals surface area contributed by atoms with E-state index in [1.807, 2.05) is 30.9 Å². The molecule has 29 heavy (non-hydrogen) atoms. The number of aliphatic imine (C=N–C) groups is 1. The van der Waals surface area contributed by atoms with Crippen LogP contribution in [0.1, 0.15) is 37.1 Å². The summed E-state index contributed by atoms with van der Waals surface area (Å²) in [4.78, 5) is 15.4. The molecule has 7 heteroatoms.